The predicted molar refractivity (Wildman–Crippen MR) is 95.1 cm³/mol. The molecule has 3 aliphatic rings. The lowest BCUT2D eigenvalue weighted by atomic mass is 9.93. The number of methoxy groups -OCH3 is 1. The Balaban J connectivity index is 1.67. The van der Waals surface area contributed by atoms with Gasteiger partial charge in [0.05, 0.1) is 18.4 Å². The molecule has 9 heteroatoms. The summed E-state index contributed by atoms with van der Waals surface area (Å²) in [6, 6.07) is 1.71. The van der Waals surface area contributed by atoms with E-state index in [-0.39, 0.29) is 29.6 Å². The zero-order valence-corrected chi connectivity index (χ0v) is 15.5. The smallest absolute Gasteiger partial charge is 0.347 e. The first-order chi connectivity index (χ1) is 13.5. The molecule has 146 valence electrons. The molecule has 0 bridgehead atoms. The van der Waals surface area contributed by atoms with Crippen molar-refractivity contribution in [2.24, 2.45) is 0 Å². The molecule has 0 amide bonds. The van der Waals surface area contributed by atoms with Crippen LogP contribution >= 0.6 is 11.6 Å². The summed E-state index contributed by atoms with van der Waals surface area (Å²) in [7, 11) is 1.50. The van der Waals surface area contributed by atoms with E-state index in [0.29, 0.717) is 46.4 Å². The Morgan fingerprint density at radius 3 is 2.89 bits per heavy atom. The number of hydrogen-bond donors (Lipinski definition) is 0. The highest BCUT2D eigenvalue weighted by atomic mass is 35.5. The number of fused-ring (bicyclic) bond motifs is 7. The maximum absolute atomic E-state index is 12.5. The second-order valence-electron chi connectivity index (χ2n) is 6.88. The second-order valence-corrected chi connectivity index (χ2v) is 7.15. The van der Waals surface area contributed by atoms with E-state index in [1.54, 1.807) is 6.07 Å². The van der Waals surface area contributed by atoms with Crippen LogP contribution in [0.3, 0.4) is 0 Å². The standard InChI is InChI=1S/C19H15ClO8/c1-24-10-5-11-16(8-4-13(26-12(22)6-20)27-19(8)25-11)17-15(10)7-2-3-9(21)14(7)18(23)28-17/h5,8,13,19H,2-4,6H2,1H3/t8-,13+,19-/m0/s1. The third kappa shape index (κ3) is 2.37. The molecule has 1 aromatic heterocycles. The molecule has 2 aromatic rings. The van der Waals surface area contributed by atoms with Gasteiger partial charge in [0.25, 0.3) is 0 Å². The normalized spacial score (nSPS) is 24.6. The minimum absolute atomic E-state index is 0.0952. The van der Waals surface area contributed by atoms with Gasteiger partial charge in [-0.15, -0.1) is 11.6 Å². The van der Waals surface area contributed by atoms with Gasteiger partial charge in [0.15, 0.2) is 5.78 Å². The fourth-order valence-electron chi connectivity index (χ4n) is 4.28. The summed E-state index contributed by atoms with van der Waals surface area (Å²) in [6.45, 7) is 0. The maximum atomic E-state index is 12.5. The van der Waals surface area contributed by atoms with Crippen molar-refractivity contribution < 1.29 is 33.0 Å². The number of carbonyl (C=O) groups is 2. The Morgan fingerprint density at radius 2 is 2.14 bits per heavy atom. The summed E-state index contributed by atoms with van der Waals surface area (Å²) in [5.74, 6) is -0.437. The topological polar surface area (TPSA) is 101 Å². The molecule has 2 aliphatic heterocycles. The molecule has 3 heterocycles. The lowest BCUT2D eigenvalue weighted by Crippen LogP contribution is -2.21. The van der Waals surface area contributed by atoms with Gasteiger partial charge in [-0.25, -0.2) is 4.79 Å². The lowest BCUT2D eigenvalue weighted by Gasteiger charge is -2.15. The summed E-state index contributed by atoms with van der Waals surface area (Å²) in [5.41, 5.74) is 1.06. The van der Waals surface area contributed by atoms with Crippen LogP contribution in [0.4, 0.5) is 0 Å². The lowest BCUT2D eigenvalue weighted by molar-refractivity contribution is -0.188. The van der Waals surface area contributed by atoms with Gasteiger partial charge in [-0.05, 0) is 12.0 Å². The van der Waals surface area contributed by atoms with Crippen LogP contribution in [0.25, 0.3) is 11.0 Å². The molecular weight excluding hydrogens is 392 g/mol. The molecule has 5 rings (SSSR count). The van der Waals surface area contributed by atoms with Gasteiger partial charge in [0, 0.05) is 24.5 Å². The van der Waals surface area contributed by atoms with E-state index < -0.39 is 24.2 Å². The fraction of sp³-hybridized carbons (Fsp3) is 0.421. The molecule has 8 nitrogen and oxygen atoms in total. The summed E-state index contributed by atoms with van der Waals surface area (Å²) in [4.78, 5) is 36.1. The van der Waals surface area contributed by atoms with Crippen LogP contribution in [0, 0.1) is 0 Å². The van der Waals surface area contributed by atoms with Crippen LogP contribution in [0.1, 0.15) is 40.2 Å². The zero-order valence-electron chi connectivity index (χ0n) is 14.8. The van der Waals surface area contributed by atoms with Crippen LogP contribution in [-0.2, 0) is 20.7 Å². The van der Waals surface area contributed by atoms with E-state index in [0.717, 1.165) is 0 Å². The molecule has 0 unspecified atom stereocenters. The van der Waals surface area contributed by atoms with Crippen LogP contribution in [0.15, 0.2) is 15.3 Å². The Hall–Kier alpha value is -2.58. The quantitative estimate of drug-likeness (QED) is 0.434. The van der Waals surface area contributed by atoms with Gasteiger partial charge in [-0.1, -0.05) is 0 Å². The van der Waals surface area contributed by atoms with Crippen molar-refractivity contribution in [3.05, 3.63) is 33.2 Å². The minimum atomic E-state index is -0.797. The number of esters is 1. The molecule has 1 aromatic carbocycles. The SMILES string of the molecule is COc1cc2c(c3oc(=O)c4c(c13)CCC4=O)[C@@H]1C[C@H](OC(=O)CCl)O[C@@H]1O2. The van der Waals surface area contributed by atoms with Crippen molar-refractivity contribution in [3.8, 4) is 11.5 Å². The summed E-state index contributed by atoms with van der Waals surface area (Å²) in [6.07, 6.45) is -0.427. The first-order valence-electron chi connectivity index (χ1n) is 8.83. The van der Waals surface area contributed by atoms with E-state index in [2.05, 4.69) is 0 Å². The Bertz CT molecular complexity index is 1090. The molecule has 0 spiro atoms. The van der Waals surface area contributed by atoms with E-state index in [9.17, 15) is 14.4 Å². The number of carbonyl (C=O) groups excluding carboxylic acids is 2. The van der Waals surface area contributed by atoms with Crippen molar-refractivity contribution in [3.63, 3.8) is 0 Å². The Morgan fingerprint density at radius 1 is 1.32 bits per heavy atom. The van der Waals surface area contributed by atoms with Crippen molar-refractivity contribution in [2.75, 3.05) is 13.0 Å². The number of hydrogen-bond acceptors (Lipinski definition) is 8. The van der Waals surface area contributed by atoms with Crippen molar-refractivity contribution >= 4 is 34.3 Å². The monoisotopic (exact) mass is 406 g/mol. The number of ether oxygens (including phenoxy) is 4. The number of ketones is 1. The highest BCUT2D eigenvalue weighted by Crippen LogP contribution is 2.52. The minimum Gasteiger partial charge on any atom is -0.496 e. The maximum Gasteiger partial charge on any atom is 0.347 e. The second kappa shape index (κ2) is 6.22. The highest BCUT2D eigenvalue weighted by molar-refractivity contribution is 6.26. The molecule has 0 radical (unpaired) electrons. The van der Waals surface area contributed by atoms with Crippen LogP contribution in [0.2, 0.25) is 0 Å². The largest absolute Gasteiger partial charge is 0.496 e. The van der Waals surface area contributed by atoms with Gasteiger partial charge < -0.3 is 23.4 Å². The molecule has 28 heavy (non-hydrogen) atoms. The van der Waals surface area contributed by atoms with Crippen LogP contribution < -0.4 is 15.1 Å². The molecule has 0 N–H and O–H groups in total. The van der Waals surface area contributed by atoms with E-state index >= 15 is 0 Å². The van der Waals surface area contributed by atoms with Gasteiger partial charge in [0.2, 0.25) is 12.6 Å². The molecule has 1 fully saturated rings. The van der Waals surface area contributed by atoms with E-state index in [4.69, 9.17) is 35.0 Å². The number of rotatable bonds is 3. The van der Waals surface area contributed by atoms with Crippen molar-refractivity contribution in [2.45, 2.75) is 37.8 Å². The van der Waals surface area contributed by atoms with Crippen LogP contribution in [-0.4, -0.2) is 37.3 Å². The van der Waals surface area contributed by atoms with E-state index in [1.807, 2.05) is 0 Å². The highest BCUT2D eigenvalue weighted by Gasteiger charge is 2.48. The van der Waals surface area contributed by atoms with Gasteiger partial charge in [-0.3, -0.25) is 9.59 Å². The van der Waals surface area contributed by atoms with Gasteiger partial charge in [0.1, 0.15) is 28.5 Å². The van der Waals surface area contributed by atoms with Crippen molar-refractivity contribution in [1.82, 2.24) is 0 Å². The molecule has 3 atom stereocenters. The third-order valence-electron chi connectivity index (χ3n) is 5.40. The number of alkyl halides is 1. The predicted octanol–water partition coefficient (Wildman–Crippen LogP) is 2.26. The Labute approximate surface area is 163 Å². The van der Waals surface area contributed by atoms with Crippen molar-refractivity contribution in [1.29, 1.82) is 0 Å². The average molecular weight is 407 g/mol. The van der Waals surface area contributed by atoms with Gasteiger partial charge >= 0.3 is 11.6 Å². The van der Waals surface area contributed by atoms with Crippen LogP contribution in [0.5, 0.6) is 11.5 Å². The Kier molecular flexibility index (Phi) is 3.89. The number of aryl methyl sites for hydroxylation is 1. The fourth-order valence-corrected chi connectivity index (χ4v) is 4.34. The summed E-state index contributed by atoms with van der Waals surface area (Å²) < 4.78 is 27.7. The first kappa shape index (κ1) is 17.5. The van der Waals surface area contributed by atoms with Gasteiger partial charge in [-0.2, -0.15) is 0 Å². The molecule has 1 aliphatic carbocycles. The molecular formula is C19H15ClO8. The summed E-state index contributed by atoms with van der Waals surface area (Å²) in [5, 5.41) is 0.604. The number of benzene rings is 1. The van der Waals surface area contributed by atoms with E-state index in [1.165, 1.54) is 7.11 Å². The molecule has 1 saturated heterocycles. The number of Topliss-reactive ketones (excluding diaryl/α,β-unsaturated/α-hetero) is 1. The average Bonchev–Trinajstić information content (AvgIpc) is 3.33. The third-order valence-corrected chi connectivity index (χ3v) is 5.61. The zero-order chi connectivity index (χ0) is 19.6. The summed E-state index contributed by atoms with van der Waals surface area (Å²) >= 11 is 5.47. The molecule has 0 saturated carbocycles. The number of halogens is 1. The first-order valence-corrected chi connectivity index (χ1v) is 9.36.